The van der Waals surface area contributed by atoms with Crippen molar-refractivity contribution in [3.63, 3.8) is 0 Å². The summed E-state index contributed by atoms with van der Waals surface area (Å²) in [5.41, 5.74) is 1.48. The smallest absolute Gasteiger partial charge is 0.244 e. The third-order valence-electron chi connectivity index (χ3n) is 4.07. The normalized spacial score (nSPS) is 10.4. The van der Waals surface area contributed by atoms with Crippen LogP contribution in [0.15, 0.2) is 64.9 Å². The van der Waals surface area contributed by atoms with E-state index >= 15 is 0 Å². The van der Waals surface area contributed by atoms with Crippen LogP contribution in [0.5, 0.6) is 5.75 Å². The zero-order valence-corrected chi connectivity index (χ0v) is 17.8. The summed E-state index contributed by atoms with van der Waals surface area (Å²) in [5, 5.41) is 6.03. The highest BCUT2D eigenvalue weighted by atomic mass is 32.2. The fraction of sp³-hybridized carbons (Fsp3) is 0.190. The maximum atomic E-state index is 12.7. The Morgan fingerprint density at radius 1 is 1.10 bits per heavy atom. The number of aromatic nitrogens is 3. The minimum atomic E-state index is -0.298. The van der Waals surface area contributed by atoms with Crippen LogP contribution >= 0.6 is 11.8 Å². The van der Waals surface area contributed by atoms with Crippen molar-refractivity contribution >= 4 is 35.0 Å². The number of nitrogens with zero attached hydrogens (tertiary/aromatic N) is 3. The molecule has 2 heterocycles. The SMILES string of the molecule is COc1cn(CC(=O)Nc2cccc(NC(C)=O)c2)c(CSc2ncccn2)cc1=O. The molecule has 2 aromatic heterocycles. The molecule has 3 rings (SSSR count). The Morgan fingerprint density at radius 3 is 2.48 bits per heavy atom. The van der Waals surface area contributed by atoms with E-state index in [1.807, 2.05) is 0 Å². The molecule has 31 heavy (non-hydrogen) atoms. The first-order chi connectivity index (χ1) is 14.9. The highest BCUT2D eigenvalue weighted by Crippen LogP contribution is 2.20. The Hall–Kier alpha value is -3.66. The molecule has 0 spiro atoms. The van der Waals surface area contributed by atoms with E-state index in [1.165, 1.54) is 38.1 Å². The van der Waals surface area contributed by atoms with Gasteiger partial charge in [-0.1, -0.05) is 17.8 Å². The maximum absolute atomic E-state index is 12.7. The number of ether oxygens (including phenoxy) is 1. The molecular formula is C21H21N5O4S. The first-order valence-electron chi connectivity index (χ1n) is 9.29. The van der Waals surface area contributed by atoms with Crippen LogP contribution < -0.4 is 20.8 Å². The van der Waals surface area contributed by atoms with Gasteiger partial charge in [0.2, 0.25) is 17.2 Å². The molecule has 3 aromatic rings. The van der Waals surface area contributed by atoms with Crippen molar-refractivity contribution in [1.82, 2.24) is 14.5 Å². The van der Waals surface area contributed by atoms with Gasteiger partial charge in [0.15, 0.2) is 10.9 Å². The Labute approximate surface area is 182 Å². The molecule has 0 aliphatic carbocycles. The predicted molar refractivity (Wildman–Crippen MR) is 118 cm³/mol. The third kappa shape index (κ3) is 6.41. The van der Waals surface area contributed by atoms with Gasteiger partial charge >= 0.3 is 0 Å². The molecule has 0 unspecified atom stereocenters. The van der Waals surface area contributed by atoms with Crippen molar-refractivity contribution in [2.45, 2.75) is 24.4 Å². The molecule has 0 aliphatic heterocycles. The van der Waals surface area contributed by atoms with Crippen molar-refractivity contribution in [3.8, 4) is 5.75 Å². The van der Waals surface area contributed by atoms with Crippen LogP contribution in [0.25, 0.3) is 0 Å². The molecule has 2 amide bonds. The van der Waals surface area contributed by atoms with Gasteiger partial charge in [-0.3, -0.25) is 14.4 Å². The zero-order chi connectivity index (χ0) is 22.2. The molecule has 10 heteroatoms. The van der Waals surface area contributed by atoms with Crippen molar-refractivity contribution in [1.29, 1.82) is 0 Å². The van der Waals surface area contributed by atoms with E-state index < -0.39 is 0 Å². The largest absolute Gasteiger partial charge is 0.491 e. The molecule has 9 nitrogen and oxygen atoms in total. The Balaban J connectivity index is 1.76. The fourth-order valence-electron chi connectivity index (χ4n) is 2.75. The van der Waals surface area contributed by atoms with Gasteiger partial charge in [0, 0.05) is 48.2 Å². The average molecular weight is 439 g/mol. The van der Waals surface area contributed by atoms with E-state index in [2.05, 4.69) is 20.6 Å². The molecule has 0 fully saturated rings. The second kappa shape index (κ2) is 10.4. The first-order valence-corrected chi connectivity index (χ1v) is 10.3. The standard InChI is InChI=1S/C21H21N5O4S/c1-14(27)24-15-5-3-6-16(9-15)25-20(29)12-26-11-19(30-2)18(28)10-17(26)13-31-21-22-7-4-8-23-21/h3-11H,12-13H2,1-2H3,(H,24,27)(H,25,29). The van der Waals surface area contributed by atoms with E-state index in [1.54, 1.807) is 47.3 Å². The van der Waals surface area contributed by atoms with Gasteiger partial charge in [-0.15, -0.1) is 0 Å². The molecule has 1 aromatic carbocycles. The van der Waals surface area contributed by atoms with Crippen molar-refractivity contribution < 1.29 is 14.3 Å². The molecule has 0 atom stereocenters. The van der Waals surface area contributed by atoms with Crippen LogP contribution in [0.4, 0.5) is 11.4 Å². The number of carbonyl (C=O) groups excluding carboxylic acids is 2. The van der Waals surface area contributed by atoms with E-state index in [-0.39, 0.29) is 29.5 Å². The summed E-state index contributed by atoms with van der Waals surface area (Å²) in [5.74, 6) is 0.0422. The van der Waals surface area contributed by atoms with Crippen molar-refractivity contribution in [2.24, 2.45) is 0 Å². The predicted octanol–water partition coefficient (Wildman–Crippen LogP) is 2.54. The third-order valence-corrected chi connectivity index (χ3v) is 4.98. The van der Waals surface area contributed by atoms with Crippen LogP contribution in [0.3, 0.4) is 0 Å². The van der Waals surface area contributed by atoms with Crippen molar-refractivity contribution in [2.75, 3.05) is 17.7 Å². The lowest BCUT2D eigenvalue weighted by Gasteiger charge is -2.15. The lowest BCUT2D eigenvalue weighted by Crippen LogP contribution is -2.23. The summed E-state index contributed by atoms with van der Waals surface area (Å²) in [4.78, 5) is 44.4. The molecular weight excluding hydrogens is 418 g/mol. The molecule has 0 radical (unpaired) electrons. The van der Waals surface area contributed by atoms with Gasteiger partial charge in [0.25, 0.3) is 0 Å². The van der Waals surface area contributed by atoms with Crippen LogP contribution in [0.2, 0.25) is 0 Å². The average Bonchev–Trinajstić information content (AvgIpc) is 2.74. The number of anilines is 2. The number of pyridine rings is 1. The fourth-order valence-corrected chi connectivity index (χ4v) is 3.55. The molecule has 0 bridgehead atoms. The van der Waals surface area contributed by atoms with E-state index in [0.717, 1.165) is 0 Å². The summed E-state index contributed by atoms with van der Waals surface area (Å²) in [6.45, 7) is 1.38. The highest BCUT2D eigenvalue weighted by Gasteiger charge is 2.12. The summed E-state index contributed by atoms with van der Waals surface area (Å²) < 4.78 is 6.78. The highest BCUT2D eigenvalue weighted by molar-refractivity contribution is 7.98. The number of hydrogen-bond acceptors (Lipinski definition) is 7. The lowest BCUT2D eigenvalue weighted by atomic mass is 10.2. The first kappa shape index (κ1) is 22.0. The van der Waals surface area contributed by atoms with E-state index in [4.69, 9.17) is 4.74 Å². The van der Waals surface area contributed by atoms with Crippen LogP contribution in [0.1, 0.15) is 12.6 Å². The quantitative estimate of drug-likeness (QED) is 0.409. The number of nitrogens with one attached hydrogen (secondary N) is 2. The van der Waals surface area contributed by atoms with Gasteiger partial charge in [0.05, 0.1) is 13.3 Å². The van der Waals surface area contributed by atoms with Gasteiger partial charge in [-0.25, -0.2) is 9.97 Å². The Kier molecular flexibility index (Phi) is 7.39. The molecule has 160 valence electrons. The van der Waals surface area contributed by atoms with E-state index in [9.17, 15) is 14.4 Å². The number of amides is 2. The zero-order valence-electron chi connectivity index (χ0n) is 17.0. The van der Waals surface area contributed by atoms with Crippen LogP contribution in [0, 0.1) is 0 Å². The van der Waals surface area contributed by atoms with Crippen LogP contribution in [-0.2, 0) is 21.9 Å². The van der Waals surface area contributed by atoms with E-state index in [0.29, 0.717) is 28.0 Å². The molecule has 0 saturated heterocycles. The number of rotatable bonds is 8. The Morgan fingerprint density at radius 2 is 1.81 bits per heavy atom. The molecule has 2 N–H and O–H groups in total. The van der Waals surface area contributed by atoms with Crippen molar-refractivity contribution in [3.05, 3.63) is 70.9 Å². The number of methoxy groups -OCH3 is 1. The number of hydrogen-bond donors (Lipinski definition) is 2. The van der Waals surface area contributed by atoms with Crippen LogP contribution in [-0.4, -0.2) is 33.5 Å². The number of thioether (sulfide) groups is 1. The lowest BCUT2D eigenvalue weighted by molar-refractivity contribution is -0.117. The number of benzene rings is 1. The van der Waals surface area contributed by atoms with Gasteiger partial charge in [-0.2, -0.15) is 0 Å². The number of carbonyl (C=O) groups is 2. The molecule has 0 aliphatic rings. The van der Waals surface area contributed by atoms with Gasteiger partial charge in [0.1, 0.15) is 6.54 Å². The summed E-state index contributed by atoms with van der Waals surface area (Å²) in [7, 11) is 1.40. The van der Waals surface area contributed by atoms with Gasteiger partial charge < -0.3 is 19.9 Å². The minimum Gasteiger partial charge on any atom is -0.491 e. The second-order valence-corrected chi connectivity index (χ2v) is 7.40. The summed E-state index contributed by atoms with van der Waals surface area (Å²) >= 11 is 1.35. The summed E-state index contributed by atoms with van der Waals surface area (Å²) in [6, 6.07) is 10.0. The maximum Gasteiger partial charge on any atom is 0.244 e. The monoisotopic (exact) mass is 439 g/mol. The topological polar surface area (TPSA) is 115 Å². The van der Waals surface area contributed by atoms with Gasteiger partial charge in [-0.05, 0) is 24.3 Å². The summed E-state index contributed by atoms with van der Waals surface area (Å²) in [6.07, 6.45) is 4.79. The second-order valence-electron chi connectivity index (χ2n) is 6.46. The minimum absolute atomic E-state index is 0.0352. The Bertz CT molecular complexity index is 1130. The molecule has 0 saturated carbocycles.